The second kappa shape index (κ2) is 5.44. The standard InChI is InChI=1S/C12H7F3O4/c1-19-10(16)3-2-7-4-8(11(17)18)6-9(5-7)12(13,14)15/h4-6H,1H3,(H,17,18). The highest BCUT2D eigenvalue weighted by molar-refractivity contribution is 5.90. The van der Waals surface area contributed by atoms with E-state index >= 15 is 0 Å². The highest BCUT2D eigenvalue weighted by Crippen LogP contribution is 2.30. The third-order valence-electron chi connectivity index (χ3n) is 2.00. The monoisotopic (exact) mass is 272 g/mol. The molecular weight excluding hydrogens is 265 g/mol. The van der Waals surface area contributed by atoms with Gasteiger partial charge in [-0.15, -0.1) is 0 Å². The van der Waals surface area contributed by atoms with Gasteiger partial charge < -0.3 is 9.84 Å². The molecule has 4 nitrogen and oxygen atoms in total. The Hall–Kier alpha value is -2.49. The molecule has 1 N–H and O–H groups in total. The van der Waals surface area contributed by atoms with Gasteiger partial charge in [0, 0.05) is 11.5 Å². The third kappa shape index (κ3) is 4.03. The SMILES string of the molecule is COC(=O)C#Cc1cc(C(=O)O)cc(C(F)(F)F)c1. The molecule has 0 spiro atoms. The van der Waals surface area contributed by atoms with Crippen LogP contribution in [0, 0.1) is 11.8 Å². The van der Waals surface area contributed by atoms with Gasteiger partial charge in [0.1, 0.15) is 0 Å². The average Bonchev–Trinajstić information content (AvgIpc) is 2.34. The number of ether oxygens (including phenoxy) is 1. The second-order valence-electron chi connectivity index (χ2n) is 3.34. The van der Waals surface area contributed by atoms with E-state index in [1.807, 2.05) is 5.92 Å². The van der Waals surface area contributed by atoms with Gasteiger partial charge in [0.15, 0.2) is 0 Å². The zero-order valence-electron chi connectivity index (χ0n) is 9.54. The van der Waals surface area contributed by atoms with Crippen molar-refractivity contribution in [1.82, 2.24) is 0 Å². The molecule has 0 aliphatic heterocycles. The summed E-state index contributed by atoms with van der Waals surface area (Å²) in [6.07, 6.45) is -4.70. The number of alkyl halides is 3. The first-order valence-electron chi connectivity index (χ1n) is 4.79. The van der Waals surface area contributed by atoms with Crippen LogP contribution in [-0.2, 0) is 15.7 Å². The summed E-state index contributed by atoms with van der Waals surface area (Å²) in [6, 6.07) is 2.08. The highest BCUT2D eigenvalue weighted by Gasteiger charge is 2.31. The van der Waals surface area contributed by atoms with Gasteiger partial charge in [-0.3, -0.25) is 0 Å². The number of esters is 1. The van der Waals surface area contributed by atoms with Crippen LogP contribution >= 0.6 is 0 Å². The molecule has 1 aromatic carbocycles. The Morgan fingerprint density at radius 3 is 2.37 bits per heavy atom. The van der Waals surface area contributed by atoms with Crippen molar-refractivity contribution in [3.63, 3.8) is 0 Å². The smallest absolute Gasteiger partial charge is 0.416 e. The number of aromatic carboxylic acids is 1. The number of carbonyl (C=O) groups is 2. The molecule has 0 unspecified atom stereocenters. The number of rotatable bonds is 1. The zero-order chi connectivity index (χ0) is 14.6. The van der Waals surface area contributed by atoms with Gasteiger partial charge in [0.05, 0.1) is 18.2 Å². The van der Waals surface area contributed by atoms with Crippen molar-refractivity contribution in [2.75, 3.05) is 7.11 Å². The van der Waals surface area contributed by atoms with E-state index < -0.39 is 29.2 Å². The first-order valence-corrected chi connectivity index (χ1v) is 4.79. The van der Waals surface area contributed by atoms with Gasteiger partial charge >= 0.3 is 18.1 Å². The molecule has 1 aromatic rings. The van der Waals surface area contributed by atoms with E-state index in [0.717, 1.165) is 13.2 Å². The molecule has 19 heavy (non-hydrogen) atoms. The lowest BCUT2D eigenvalue weighted by Crippen LogP contribution is -2.08. The number of carboxylic acid groups (broad SMARTS) is 1. The summed E-state index contributed by atoms with van der Waals surface area (Å²) < 4.78 is 41.8. The van der Waals surface area contributed by atoms with Crippen LogP contribution in [0.4, 0.5) is 13.2 Å². The quantitative estimate of drug-likeness (QED) is 0.626. The number of carbonyl (C=O) groups excluding carboxylic acids is 1. The van der Waals surface area contributed by atoms with Crippen molar-refractivity contribution >= 4 is 11.9 Å². The summed E-state index contributed by atoms with van der Waals surface area (Å²) >= 11 is 0. The summed E-state index contributed by atoms with van der Waals surface area (Å²) in [7, 11) is 1.06. The lowest BCUT2D eigenvalue weighted by atomic mass is 10.1. The van der Waals surface area contributed by atoms with Crippen molar-refractivity contribution in [2.24, 2.45) is 0 Å². The van der Waals surface area contributed by atoms with E-state index in [1.54, 1.807) is 0 Å². The largest absolute Gasteiger partial charge is 0.478 e. The summed E-state index contributed by atoms with van der Waals surface area (Å²) in [5.41, 5.74) is -1.96. The van der Waals surface area contributed by atoms with Crippen LogP contribution in [0.2, 0.25) is 0 Å². The van der Waals surface area contributed by atoms with E-state index in [9.17, 15) is 22.8 Å². The van der Waals surface area contributed by atoms with Gasteiger partial charge in [0.25, 0.3) is 0 Å². The van der Waals surface area contributed by atoms with Crippen LogP contribution in [0.1, 0.15) is 21.5 Å². The first-order chi connectivity index (χ1) is 8.74. The second-order valence-corrected chi connectivity index (χ2v) is 3.34. The summed E-state index contributed by atoms with van der Waals surface area (Å²) in [5, 5.41) is 8.72. The van der Waals surface area contributed by atoms with Gasteiger partial charge in [-0.25, -0.2) is 9.59 Å². The Labute approximate surface area is 105 Å². The molecule has 0 aromatic heterocycles. The number of hydrogen-bond acceptors (Lipinski definition) is 3. The number of hydrogen-bond donors (Lipinski definition) is 1. The van der Waals surface area contributed by atoms with Gasteiger partial charge in [-0.05, 0) is 18.2 Å². The Kier molecular flexibility index (Phi) is 4.17. The molecule has 0 fully saturated rings. The van der Waals surface area contributed by atoms with Gasteiger partial charge in [-0.2, -0.15) is 13.2 Å². The van der Waals surface area contributed by atoms with Crippen molar-refractivity contribution in [3.05, 3.63) is 34.9 Å². The lowest BCUT2D eigenvalue weighted by molar-refractivity contribution is -0.137. The molecule has 0 saturated heterocycles. The molecule has 0 heterocycles. The minimum absolute atomic E-state index is 0.238. The predicted molar refractivity (Wildman–Crippen MR) is 57.3 cm³/mol. The topological polar surface area (TPSA) is 63.6 Å². The molecule has 0 amide bonds. The van der Waals surface area contributed by atoms with Crippen LogP contribution in [-0.4, -0.2) is 24.2 Å². The Balaban J connectivity index is 3.31. The van der Waals surface area contributed by atoms with Crippen LogP contribution in [0.15, 0.2) is 18.2 Å². The average molecular weight is 272 g/mol. The number of benzene rings is 1. The summed E-state index contributed by atoms with van der Waals surface area (Å²) in [6.45, 7) is 0. The maximum Gasteiger partial charge on any atom is 0.416 e. The first kappa shape index (κ1) is 14.6. The molecule has 0 aliphatic rings. The molecule has 0 atom stereocenters. The van der Waals surface area contributed by atoms with E-state index in [-0.39, 0.29) is 5.56 Å². The number of methoxy groups -OCH3 is 1. The minimum Gasteiger partial charge on any atom is -0.478 e. The molecule has 0 saturated carbocycles. The molecule has 0 aliphatic carbocycles. The number of carboxylic acids is 1. The maximum atomic E-state index is 12.5. The van der Waals surface area contributed by atoms with Gasteiger partial charge in [0.2, 0.25) is 0 Å². The summed E-state index contributed by atoms with van der Waals surface area (Å²) in [5.74, 6) is 1.58. The van der Waals surface area contributed by atoms with Crippen LogP contribution in [0.3, 0.4) is 0 Å². The fourth-order valence-electron chi connectivity index (χ4n) is 1.16. The fraction of sp³-hybridized carbons (Fsp3) is 0.167. The van der Waals surface area contributed by atoms with E-state index in [0.29, 0.717) is 12.1 Å². The zero-order valence-corrected chi connectivity index (χ0v) is 9.54. The summed E-state index contributed by atoms with van der Waals surface area (Å²) in [4.78, 5) is 21.5. The molecular formula is C12H7F3O4. The number of halogens is 3. The van der Waals surface area contributed by atoms with E-state index in [2.05, 4.69) is 10.7 Å². The van der Waals surface area contributed by atoms with Crippen molar-refractivity contribution < 1.29 is 32.6 Å². The van der Waals surface area contributed by atoms with Crippen molar-refractivity contribution in [2.45, 2.75) is 6.18 Å². The Morgan fingerprint density at radius 1 is 1.26 bits per heavy atom. The van der Waals surface area contributed by atoms with E-state index in [1.165, 1.54) is 0 Å². The molecule has 7 heteroatoms. The Morgan fingerprint density at radius 2 is 1.89 bits per heavy atom. The molecule has 0 bridgehead atoms. The Bertz CT molecular complexity index is 579. The molecule has 1 rings (SSSR count). The predicted octanol–water partition coefficient (Wildman–Crippen LogP) is 1.93. The maximum absolute atomic E-state index is 12.5. The van der Waals surface area contributed by atoms with Crippen molar-refractivity contribution in [3.8, 4) is 11.8 Å². The van der Waals surface area contributed by atoms with Crippen LogP contribution in [0.5, 0.6) is 0 Å². The molecule has 100 valence electrons. The third-order valence-corrected chi connectivity index (χ3v) is 2.00. The highest BCUT2D eigenvalue weighted by atomic mass is 19.4. The minimum atomic E-state index is -4.70. The van der Waals surface area contributed by atoms with E-state index in [4.69, 9.17) is 5.11 Å². The van der Waals surface area contributed by atoms with Crippen molar-refractivity contribution in [1.29, 1.82) is 0 Å². The van der Waals surface area contributed by atoms with Crippen LogP contribution < -0.4 is 0 Å². The lowest BCUT2D eigenvalue weighted by Gasteiger charge is -2.08. The van der Waals surface area contributed by atoms with Gasteiger partial charge in [-0.1, -0.05) is 5.92 Å². The normalized spacial score (nSPS) is 10.3. The molecule has 0 radical (unpaired) electrons. The fourth-order valence-corrected chi connectivity index (χ4v) is 1.16. The van der Waals surface area contributed by atoms with Crippen LogP contribution in [0.25, 0.3) is 0 Å².